The fourth-order valence-corrected chi connectivity index (χ4v) is 2.48. The first-order chi connectivity index (χ1) is 6.68. The number of benzene rings is 1. The molecule has 0 saturated carbocycles. The number of hydrogen-bond donors (Lipinski definition) is 0. The lowest BCUT2D eigenvalue weighted by atomic mass is 9.78. The molecule has 0 spiro atoms. The molecule has 14 heavy (non-hydrogen) atoms. The minimum atomic E-state index is 0.0510. The predicted octanol–water partition coefficient (Wildman–Crippen LogP) is 3.26. The Morgan fingerprint density at radius 3 is 2.71 bits per heavy atom. The molecule has 0 aliphatic carbocycles. The Bertz CT molecular complexity index is 342. The SMILES string of the molecule is Cc1ccc(Br)cc1C1(CCl)COC1. The highest BCUT2D eigenvalue weighted by molar-refractivity contribution is 9.10. The number of aryl methyl sites for hydroxylation is 1. The molecule has 0 unspecified atom stereocenters. The maximum Gasteiger partial charge on any atom is 0.0597 e. The summed E-state index contributed by atoms with van der Waals surface area (Å²) in [6.45, 7) is 3.61. The van der Waals surface area contributed by atoms with Crippen molar-refractivity contribution in [2.75, 3.05) is 19.1 Å². The van der Waals surface area contributed by atoms with Crippen LogP contribution in [0, 0.1) is 6.92 Å². The van der Waals surface area contributed by atoms with E-state index >= 15 is 0 Å². The van der Waals surface area contributed by atoms with Crippen LogP contribution in [0.5, 0.6) is 0 Å². The van der Waals surface area contributed by atoms with Gasteiger partial charge in [-0.15, -0.1) is 11.6 Å². The molecular weight excluding hydrogens is 263 g/mol. The van der Waals surface area contributed by atoms with Gasteiger partial charge >= 0.3 is 0 Å². The van der Waals surface area contributed by atoms with Crippen molar-refractivity contribution < 1.29 is 4.74 Å². The largest absolute Gasteiger partial charge is 0.379 e. The fourth-order valence-electron chi connectivity index (χ4n) is 1.82. The highest BCUT2D eigenvalue weighted by Gasteiger charge is 2.40. The maximum atomic E-state index is 6.02. The summed E-state index contributed by atoms with van der Waals surface area (Å²) < 4.78 is 6.38. The van der Waals surface area contributed by atoms with E-state index in [4.69, 9.17) is 16.3 Å². The summed E-state index contributed by atoms with van der Waals surface area (Å²) in [4.78, 5) is 0. The molecule has 76 valence electrons. The number of alkyl halides is 1. The van der Waals surface area contributed by atoms with Crippen LogP contribution in [-0.2, 0) is 10.2 Å². The van der Waals surface area contributed by atoms with Gasteiger partial charge in [-0.2, -0.15) is 0 Å². The van der Waals surface area contributed by atoms with Crippen LogP contribution in [0.25, 0.3) is 0 Å². The molecule has 1 aromatic rings. The van der Waals surface area contributed by atoms with Gasteiger partial charge in [-0.25, -0.2) is 0 Å². The van der Waals surface area contributed by atoms with Crippen LogP contribution in [0.3, 0.4) is 0 Å². The smallest absolute Gasteiger partial charge is 0.0597 e. The van der Waals surface area contributed by atoms with Gasteiger partial charge in [0.1, 0.15) is 0 Å². The van der Waals surface area contributed by atoms with E-state index in [9.17, 15) is 0 Å². The molecular formula is C11H12BrClO. The summed E-state index contributed by atoms with van der Waals surface area (Å²) >= 11 is 9.51. The zero-order chi connectivity index (χ0) is 10.2. The Balaban J connectivity index is 2.43. The van der Waals surface area contributed by atoms with Gasteiger partial charge in [0.15, 0.2) is 0 Å². The van der Waals surface area contributed by atoms with Crippen LogP contribution >= 0.6 is 27.5 Å². The predicted molar refractivity (Wildman–Crippen MR) is 62.1 cm³/mol. The van der Waals surface area contributed by atoms with Gasteiger partial charge in [0.25, 0.3) is 0 Å². The fraction of sp³-hybridized carbons (Fsp3) is 0.455. The summed E-state index contributed by atoms with van der Waals surface area (Å²) in [5, 5.41) is 0. The quantitative estimate of drug-likeness (QED) is 0.753. The average molecular weight is 276 g/mol. The Kier molecular flexibility index (Phi) is 2.87. The van der Waals surface area contributed by atoms with Gasteiger partial charge in [0, 0.05) is 10.4 Å². The molecule has 0 N–H and O–H groups in total. The minimum Gasteiger partial charge on any atom is -0.379 e. The van der Waals surface area contributed by atoms with Gasteiger partial charge in [-0.05, 0) is 30.2 Å². The average Bonchev–Trinajstić information content (AvgIpc) is 2.10. The number of ether oxygens (including phenoxy) is 1. The van der Waals surface area contributed by atoms with Crippen molar-refractivity contribution in [2.24, 2.45) is 0 Å². The second-order valence-electron chi connectivity index (χ2n) is 3.87. The lowest BCUT2D eigenvalue weighted by Crippen LogP contribution is -2.48. The van der Waals surface area contributed by atoms with Crippen molar-refractivity contribution in [2.45, 2.75) is 12.3 Å². The second-order valence-corrected chi connectivity index (χ2v) is 5.05. The van der Waals surface area contributed by atoms with Crippen LogP contribution in [0.2, 0.25) is 0 Å². The third kappa shape index (κ3) is 1.60. The van der Waals surface area contributed by atoms with E-state index in [2.05, 4.69) is 41.1 Å². The molecule has 1 nitrogen and oxygen atoms in total. The van der Waals surface area contributed by atoms with E-state index in [0.29, 0.717) is 5.88 Å². The molecule has 2 rings (SSSR count). The first-order valence-corrected chi connectivity index (χ1v) is 5.91. The molecule has 1 fully saturated rings. The molecule has 1 aliphatic heterocycles. The molecule has 0 radical (unpaired) electrons. The Morgan fingerprint density at radius 2 is 2.21 bits per heavy atom. The summed E-state index contributed by atoms with van der Waals surface area (Å²) in [6.07, 6.45) is 0. The third-order valence-electron chi connectivity index (χ3n) is 2.78. The Labute approximate surface area is 97.5 Å². The zero-order valence-electron chi connectivity index (χ0n) is 8.02. The molecule has 0 aromatic heterocycles. The van der Waals surface area contributed by atoms with Gasteiger partial charge in [0.05, 0.1) is 18.6 Å². The molecule has 0 atom stereocenters. The van der Waals surface area contributed by atoms with Crippen LogP contribution in [0.15, 0.2) is 22.7 Å². The Morgan fingerprint density at radius 1 is 1.50 bits per heavy atom. The number of hydrogen-bond acceptors (Lipinski definition) is 1. The third-order valence-corrected chi connectivity index (χ3v) is 3.79. The molecule has 1 aliphatic rings. The summed E-state index contributed by atoms with van der Waals surface area (Å²) in [7, 11) is 0. The molecule has 0 amide bonds. The number of rotatable bonds is 2. The van der Waals surface area contributed by atoms with Crippen molar-refractivity contribution in [3.8, 4) is 0 Å². The zero-order valence-corrected chi connectivity index (χ0v) is 10.4. The highest BCUT2D eigenvalue weighted by Crippen LogP contribution is 2.36. The Hall–Kier alpha value is -0.0500. The lowest BCUT2D eigenvalue weighted by Gasteiger charge is -2.41. The van der Waals surface area contributed by atoms with E-state index < -0.39 is 0 Å². The highest BCUT2D eigenvalue weighted by atomic mass is 79.9. The normalized spacial score (nSPS) is 19.1. The van der Waals surface area contributed by atoms with E-state index in [1.165, 1.54) is 11.1 Å². The summed E-state index contributed by atoms with van der Waals surface area (Å²) in [5.41, 5.74) is 2.65. The van der Waals surface area contributed by atoms with E-state index in [0.717, 1.165) is 17.7 Å². The van der Waals surface area contributed by atoms with Crippen molar-refractivity contribution in [1.29, 1.82) is 0 Å². The van der Waals surface area contributed by atoms with E-state index in [-0.39, 0.29) is 5.41 Å². The second kappa shape index (κ2) is 3.84. The maximum absolute atomic E-state index is 6.02. The van der Waals surface area contributed by atoms with Crippen LogP contribution in [-0.4, -0.2) is 19.1 Å². The van der Waals surface area contributed by atoms with Crippen molar-refractivity contribution in [3.05, 3.63) is 33.8 Å². The first kappa shape index (κ1) is 10.5. The van der Waals surface area contributed by atoms with E-state index in [1.807, 2.05) is 0 Å². The van der Waals surface area contributed by atoms with Gasteiger partial charge in [0.2, 0.25) is 0 Å². The van der Waals surface area contributed by atoms with Crippen LogP contribution in [0.4, 0.5) is 0 Å². The molecule has 1 saturated heterocycles. The topological polar surface area (TPSA) is 9.23 Å². The standard InChI is InChI=1S/C11H12BrClO/c1-8-2-3-9(12)4-10(8)11(5-13)6-14-7-11/h2-4H,5-7H2,1H3. The van der Waals surface area contributed by atoms with Gasteiger partial charge in [-0.3, -0.25) is 0 Å². The molecule has 3 heteroatoms. The van der Waals surface area contributed by atoms with Crippen molar-refractivity contribution >= 4 is 27.5 Å². The molecule has 0 bridgehead atoms. The van der Waals surface area contributed by atoms with E-state index in [1.54, 1.807) is 0 Å². The number of halogens is 2. The molecule has 1 aromatic carbocycles. The first-order valence-electron chi connectivity index (χ1n) is 4.58. The van der Waals surface area contributed by atoms with Crippen LogP contribution < -0.4 is 0 Å². The van der Waals surface area contributed by atoms with Gasteiger partial charge < -0.3 is 4.74 Å². The summed E-state index contributed by atoms with van der Waals surface area (Å²) in [5.74, 6) is 0.629. The van der Waals surface area contributed by atoms with Crippen LogP contribution in [0.1, 0.15) is 11.1 Å². The molecule has 1 heterocycles. The van der Waals surface area contributed by atoms with Crippen molar-refractivity contribution in [1.82, 2.24) is 0 Å². The monoisotopic (exact) mass is 274 g/mol. The van der Waals surface area contributed by atoms with Gasteiger partial charge in [-0.1, -0.05) is 22.0 Å². The summed E-state index contributed by atoms with van der Waals surface area (Å²) in [6, 6.07) is 6.33. The lowest BCUT2D eigenvalue weighted by molar-refractivity contribution is -0.0483. The van der Waals surface area contributed by atoms with Crippen molar-refractivity contribution in [3.63, 3.8) is 0 Å². The minimum absolute atomic E-state index is 0.0510.